The molecule has 214 valence electrons. The summed E-state index contributed by atoms with van der Waals surface area (Å²) in [5, 5.41) is 3.62. The third kappa shape index (κ3) is 7.69. The highest BCUT2D eigenvalue weighted by Crippen LogP contribution is 2.31. The number of hydrogen-bond donors (Lipinski definition) is 1. The van der Waals surface area contributed by atoms with Crippen LogP contribution in [-0.4, -0.2) is 44.3 Å². The molecule has 3 rings (SSSR count). The zero-order valence-electron chi connectivity index (χ0n) is 22.5. The fourth-order valence-corrected chi connectivity index (χ4v) is 6.22. The fraction of sp³-hybridized carbons (Fsp3) is 0.310. The van der Waals surface area contributed by atoms with Gasteiger partial charge >= 0.3 is 0 Å². The van der Waals surface area contributed by atoms with Crippen LogP contribution in [-0.2, 0) is 26.2 Å². The number of amides is 2. The third-order valence-electron chi connectivity index (χ3n) is 6.40. The smallest absolute Gasteiger partial charge is 0.264 e. The molecule has 40 heavy (non-hydrogen) atoms. The maximum atomic E-state index is 14.0. The van der Waals surface area contributed by atoms with Crippen molar-refractivity contribution in [3.8, 4) is 0 Å². The van der Waals surface area contributed by atoms with Crippen LogP contribution >= 0.6 is 34.8 Å². The van der Waals surface area contributed by atoms with Crippen LogP contribution in [0.3, 0.4) is 0 Å². The number of benzene rings is 3. The van der Waals surface area contributed by atoms with E-state index in [0.717, 1.165) is 22.7 Å². The number of aryl methyl sites for hydroxylation is 1. The van der Waals surface area contributed by atoms with Crippen molar-refractivity contribution in [1.82, 2.24) is 10.2 Å². The van der Waals surface area contributed by atoms with Crippen molar-refractivity contribution in [1.29, 1.82) is 0 Å². The number of anilines is 1. The Kier molecular flexibility index (Phi) is 11.3. The van der Waals surface area contributed by atoms with E-state index in [1.54, 1.807) is 55.5 Å². The van der Waals surface area contributed by atoms with Crippen LogP contribution in [0.25, 0.3) is 0 Å². The van der Waals surface area contributed by atoms with E-state index in [1.165, 1.54) is 23.1 Å². The van der Waals surface area contributed by atoms with E-state index in [0.29, 0.717) is 22.2 Å². The van der Waals surface area contributed by atoms with Crippen molar-refractivity contribution in [2.24, 2.45) is 0 Å². The lowest BCUT2D eigenvalue weighted by Gasteiger charge is -2.32. The number of carbonyl (C=O) groups is 2. The highest BCUT2D eigenvalue weighted by molar-refractivity contribution is 7.92. The van der Waals surface area contributed by atoms with E-state index in [2.05, 4.69) is 5.32 Å². The summed E-state index contributed by atoms with van der Waals surface area (Å²) in [4.78, 5) is 28.3. The molecule has 0 saturated heterocycles. The molecule has 0 heterocycles. The van der Waals surface area contributed by atoms with Crippen molar-refractivity contribution in [2.45, 2.75) is 51.1 Å². The first-order chi connectivity index (χ1) is 19.0. The summed E-state index contributed by atoms with van der Waals surface area (Å²) in [6, 6.07) is 16.7. The zero-order valence-corrected chi connectivity index (χ0v) is 25.6. The first-order valence-corrected chi connectivity index (χ1v) is 15.4. The number of nitrogens with one attached hydrogen (secondary N) is 1. The number of halogens is 3. The van der Waals surface area contributed by atoms with Gasteiger partial charge in [-0.15, -0.1) is 0 Å². The van der Waals surface area contributed by atoms with Gasteiger partial charge in [0.05, 0.1) is 15.6 Å². The van der Waals surface area contributed by atoms with Gasteiger partial charge in [0.2, 0.25) is 11.8 Å². The Morgan fingerprint density at radius 1 is 0.900 bits per heavy atom. The molecule has 1 unspecified atom stereocenters. The molecule has 11 heteroatoms. The minimum absolute atomic E-state index is 0.00289. The lowest BCUT2D eigenvalue weighted by Crippen LogP contribution is -2.51. The van der Waals surface area contributed by atoms with Gasteiger partial charge in [0.15, 0.2) is 0 Å². The number of carbonyl (C=O) groups excluding carboxylic acids is 2. The van der Waals surface area contributed by atoms with Crippen LogP contribution in [0.4, 0.5) is 5.69 Å². The van der Waals surface area contributed by atoms with E-state index < -0.39 is 28.5 Å². The quantitative estimate of drug-likeness (QED) is 0.234. The third-order valence-corrected chi connectivity index (χ3v) is 9.20. The normalized spacial score (nSPS) is 12.1. The standard InChI is InChI=1S/C29H32Cl3N3O4S/c1-4-5-17-33-29(37)21(3)34(18-23-24(30)10-8-11-25(23)31)28(36)19-35(27-12-7-6-9-26(27)32)40(38,39)22-15-13-20(2)14-16-22/h6-16,21H,4-5,17-19H2,1-3H3,(H,33,37). The lowest BCUT2D eigenvalue weighted by atomic mass is 10.1. The first kappa shape index (κ1) is 31.7. The minimum atomic E-state index is -4.23. The first-order valence-electron chi connectivity index (χ1n) is 12.8. The summed E-state index contributed by atoms with van der Waals surface area (Å²) in [6.45, 7) is 5.15. The van der Waals surface area contributed by atoms with Gasteiger partial charge in [-0.2, -0.15) is 0 Å². The van der Waals surface area contributed by atoms with Gasteiger partial charge in [0.25, 0.3) is 10.0 Å². The Morgan fingerprint density at radius 2 is 1.50 bits per heavy atom. The van der Waals surface area contributed by atoms with Gasteiger partial charge in [-0.3, -0.25) is 13.9 Å². The Hall–Kier alpha value is -2.78. The van der Waals surface area contributed by atoms with Gasteiger partial charge in [-0.1, -0.05) is 84.0 Å². The molecule has 7 nitrogen and oxygen atoms in total. The molecule has 1 atom stereocenters. The largest absolute Gasteiger partial charge is 0.354 e. The summed E-state index contributed by atoms with van der Waals surface area (Å²) in [6.07, 6.45) is 1.66. The average molecular weight is 625 g/mol. The molecule has 0 saturated carbocycles. The molecule has 1 N–H and O–H groups in total. The van der Waals surface area contributed by atoms with Gasteiger partial charge in [-0.25, -0.2) is 8.42 Å². The van der Waals surface area contributed by atoms with Gasteiger partial charge in [-0.05, 0) is 56.7 Å². The van der Waals surface area contributed by atoms with Crippen LogP contribution in [0.2, 0.25) is 15.1 Å². The molecule has 0 aromatic heterocycles. The molecule has 3 aromatic carbocycles. The number of nitrogens with zero attached hydrogens (tertiary/aromatic N) is 2. The summed E-state index contributed by atoms with van der Waals surface area (Å²) in [7, 11) is -4.23. The van der Waals surface area contributed by atoms with Gasteiger partial charge in [0, 0.05) is 28.7 Å². The Balaban J connectivity index is 2.05. The Bertz CT molecular complexity index is 1430. The SMILES string of the molecule is CCCCNC(=O)C(C)N(Cc1c(Cl)cccc1Cl)C(=O)CN(c1ccccc1Cl)S(=O)(=O)c1ccc(C)cc1. The summed E-state index contributed by atoms with van der Waals surface area (Å²) >= 11 is 19.2. The van der Waals surface area contributed by atoms with Crippen LogP contribution in [0.1, 0.15) is 37.8 Å². The number of sulfonamides is 1. The predicted octanol–water partition coefficient (Wildman–Crippen LogP) is 6.48. The molecular formula is C29H32Cl3N3O4S. The molecule has 3 aromatic rings. The summed E-state index contributed by atoms with van der Waals surface area (Å²) < 4.78 is 28.7. The van der Waals surface area contributed by atoms with Gasteiger partial charge < -0.3 is 10.2 Å². The molecular weight excluding hydrogens is 593 g/mol. The molecule has 0 bridgehead atoms. The molecule has 0 spiro atoms. The maximum Gasteiger partial charge on any atom is 0.264 e. The van der Waals surface area contributed by atoms with E-state index >= 15 is 0 Å². The van der Waals surface area contributed by atoms with E-state index in [9.17, 15) is 18.0 Å². The second-order valence-electron chi connectivity index (χ2n) is 9.32. The van der Waals surface area contributed by atoms with Crippen molar-refractivity contribution in [2.75, 3.05) is 17.4 Å². The molecule has 0 aliphatic rings. The monoisotopic (exact) mass is 623 g/mol. The van der Waals surface area contributed by atoms with Gasteiger partial charge in [0.1, 0.15) is 12.6 Å². The van der Waals surface area contributed by atoms with E-state index in [1.807, 2.05) is 13.8 Å². The van der Waals surface area contributed by atoms with E-state index in [4.69, 9.17) is 34.8 Å². The molecule has 0 aliphatic carbocycles. The molecule has 0 fully saturated rings. The predicted molar refractivity (Wildman–Crippen MR) is 162 cm³/mol. The van der Waals surface area contributed by atoms with Crippen molar-refractivity contribution < 1.29 is 18.0 Å². The zero-order chi connectivity index (χ0) is 29.4. The minimum Gasteiger partial charge on any atom is -0.354 e. The summed E-state index contributed by atoms with van der Waals surface area (Å²) in [5.41, 5.74) is 1.46. The van der Waals surface area contributed by atoms with E-state index in [-0.39, 0.29) is 28.1 Å². The molecule has 0 aliphatic heterocycles. The van der Waals surface area contributed by atoms with Crippen molar-refractivity contribution in [3.63, 3.8) is 0 Å². The fourth-order valence-electron chi connectivity index (χ4n) is 3.98. The molecule has 0 radical (unpaired) electrons. The number of rotatable bonds is 12. The number of hydrogen-bond acceptors (Lipinski definition) is 4. The highest BCUT2D eigenvalue weighted by Gasteiger charge is 2.33. The van der Waals surface area contributed by atoms with Crippen LogP contribution in [0, 0.1) is 6.92 Å². The second kappa shape index (κ2) is 14.2. The number of para-hydroxylation sites is 1. The van der Waals surface area contributed by atoms with Crippen LogP contribution in [0.15, 0.2) is 71.6 Å². The van der Waals surface area contributed by atoms with Crippen LogP contribution < -0.4 is 9.62 Å². The number of unbranched alkanes of at least 4 members (excludes halogenated alkanes) is 1. The van der Waals surface area contributed by atoms with Crippen molar-refractivity contribution >= 4 is 62.3 Å². The molecule has 2 amide bonds. The Morgan fingerprint density at radius 3 is 2.10 bits per heavy atom. The average Bonchev–Trinajstić information content (AvgIpc) is 2.92. The van der Waals surface area contributed by atoms with Crippen LogP contribution in [0.5, 0.6) is 0 Å². The Labute approximate surface area is 251 Å². The second-order valence-corrected chi connectivity index (χ2v) is 12.4. The highest BCUT2D eigenvalue weighted by atomic mass is 35.5. The topological polar surface area (TPSA) is 86.8 Å². The lowest BCUT2D eigenvalue weighted by molar-refractivity contribution is -0.139. The summed E-state index contributed by atoms with van der Waals surface area (Å²) in [5.74, 6) is -1.01. The van der Waals surface area contributed by atoms with Crippen molar-refractivity contribution in [3.05, 3.63) is 92.9 Å². The maximum absolute atomic E-state index is 14.0.